The molecular formula is C125H210O5. The number of benzene rings is 5. The number of unbranched alkanes of at least 4 members (excludes halogenated alkanes) is 50. The Labute approximate surface area is 807 Å². The number of hydrogen-bond acceptors (Lipinski definition) is 5. The van der Waals surface area contributed by atoms with Crippen LogP contribution < -0.4 is 0 Å². The highest BCUT2D eigenvalue weighted by molar-refractivity contribution is 5.82. The van der Waals surface area contributed by atoms with Gasteiger partial charge >= 0.3 is 0 Å². The second kappa shape index (κ2) is 95.2. The molecule has 0 saturated heterocycles. The first-order valence-electron chi connectivity index (χ1n) is 56.7. The Bertz CT molecular complexity index is 2840. The van der Waals surface area contributed by atoms with Crippen LogP contribution in [0, 0.1) is 29.6 Å². The molecule has 0 fully saturated rings. The minimum absolute atomic E-state index is 0.294. The Morgan fingerprint density at radius 1 is 0.154 bits per heavy atom. The molecule has 0 amide bonds. The lowest BCUT2D eigenvalue weighted by Gasteiger charge is -2.24. The summed E-state index contributed by atoms with van der Waals surface area (Å²) in [6.45, 7) is 21.1. The molecule has 5 aromatic rings. The maximum absolute atomic E-state index is 12.3. The van der Waals surface area contributed by atoms with Gasteiger partial charge in [0.25, 0.3) is 0 Å². The van der Waals surface area contributed by atoms with Crippen molar-refractivity contribution in [2.45, 2.75) is 551 Å². The molecule has 5 unspecified atom stereocenters. The van der Waals surface area contributed by atoms with E-state index in [1.54, 1.807) is 11.1 Å². The van der Waals surface area contributed by atoms with Crippen molar-refractivity contribution in [2.24, 2.45) is 29.6 Å². The molecule has 5 aromatic carbocycles. The summed E-state index contributed by atoms with van der Waals surface area (Å²) < 4.78 is 0. The third-order valence-electron chi connectivity index (χ3n) is 28.4. The molecule has 5 nitrogen and oxygen atoms in total. The number of rotatable bonds is 85. The van der Waals surface area contributed by atoms with Crippen LogP contribution in [0.15, 0.2) is 152 Å². The van der Waals surface area contributed by atoms with Gasteiger partial charge in [0, 0.05) is 61.7 Å². The van der Waals surface area contributed by atoms with E-state index in [1.807, 2.05) is 197 Å². The van der Waals surface area contributed by atoms with E-state index in [1.165, 1.54) is 385 Å². The van der Waals surface area contributed by atoms with Crippen LogP contribution in [0.5, 0.6) is 0 Å². The highest BCUT2D eigenvalue weighted by Gasteiger charge is 2.21. The molecule has 0 aliphatic rings. The summed E-state index contributed by atoms with van der Waals surface area (Å²) in [7, 11) is 0. The lowest BCUT2D eigenvalue weighted by Crippen LogP contribution is -2.12. The van der Waals surface area contributed by atoms with Gasteiger partial charge in [-0.1, -0.05) is 542 Å². The van der Waals surface area contributed by atoms with Gasteiger partial charge in [-0.2, -0.15) is 0 Å². The molecule has 0 heterocycles. The Balaban J connectivity index is 0.00000300. The summed E-state index contributed by atoms with van der Waals surface area (Å²) in [6, 6.07) is 50.9. The molecule has 5 heteroatoms. The standard InChI is InChI=1S/C101H186O5.4C6H6/c1-11-87(97(102)16-6)76-66-56-46-36-26-21-31-41-51-61-71-81-92-86-93(82-72-62-52-42-32-22-27-37-47-57-67-77-88(12-2)98(103)17-7)95(84-74-64-54-44-34-24-29-39-49-59-69-79-90(14-4)100(105)19-9)96(85-75-65-55-45-35-25-30-40-50-60-70-80-91(15-5)101(106)20-10)94(92)83-73-63-53-43-33-23-28-38-48-58-68-78-89(13-3)99(104)18-8;4*1-2-4-6-5-3-1/h86-91H,11-85H2,1-10H3;4*1-6H. The van der Waals surface area contributed by atoms with Crippen LogP contribution in [-0.4, -0.2) is 28.9 Å². The molecule has 130 heavy (non-hydrogen) atoms. The first-order chi connectivity index (χ1) is 63.9. The topological polar surface area (TPSA) is 85.3 Å². The third-order valence-corrected chi connectivity index (χ3v) is 28.4. The quantitative estimate of drug-likeness (QED) is 0.0362. The van der Waals surface area contributed by atoms with Crippen molar-refractivity contribution in [3.63, 3.8) is 0 Å². The molecule has 0 aliphatic heterocycles. The molecule has 0 aromatic heterocycles. The van der Waals surface area contributed by atoms with Gasteiger partial charge in [0.05, 0.1) is 0 Å². The fourth-order valence-corrected chi connectivity index (χ4v) is 19.7. The number of aryl methyl sites for hydroxylation is 2. The maximum Gasteiger partial charge on any atom is 0.135 e. The first kappa shape index (κ1) is 122. The fraction of sp³-hybridized carbons (Fsp3) is 0.720. The minimum Gasteiger partial charge on any atom is -0.299 e. The van der Waals surface area contributed by atoms with Crippen LogP contribution in [0.1, 0.15) is 547 Å². The zero-order valence-electron chi connectivity index (χ0n) is 87.4. The number of carbonyl (C=O) groups excluding carboxylic acids is 5. The molecule has 0 aliphatic carbocycles. The Morgan fingerprint density at radius 3 is 0.400 bits per heavy atom. The van der Waals surface area contributed by atoms with Crippen molar-refractivity contribution in [1.82, 2.24) is 0 Å². The monoisotopic (exact) mass is 1790 g/mol. The van der Waals surface area contributed by atoms with E-state index in [9.17, 15) is 24.0 Å². The highest BCUT2D eigenvalue weighted by atomic mass is 16.1. The molecule has 0 bridgehead atoms. The van der Waals surface area contributed by atoms with Crippen LogP contribution in [0.25, 0.3) is 0 Å². The van der Waals surface area contributed by atoms with Crippen LogP contribution in [0.4, 0.5) is 0 Å². The summed E-state index contributed by atoms with van der Waals surface area (Å²) in [4.78, 5) is 61.6. The minimum atomic E-state index is 0.294. The van der Waals surface area contributed by atoms with E-state index in [0.717, 1.165) is 64.2 Å². The van der Waals surface area contributed by atoms with Crippen molar-refractivity contribution < 1.29 is 24.0 Å². The number of ketones is 5. The van der Waals surface area contributed by atoms with Crippen molar-refractivity contribution in [1.29, 1.82) is 0 Å². The molecule has 5 rings (SSSR count). The van der Waals surface area contributed by atoms with Gasteiger partial charge in [0.15, 0.2) is 0 Å². The van der Waals surface area contributed by atoms with E-state index >= 15 is 0 Å². The second-order valence-corrected chi connectivity index (χ2v) is 39.0. The van der Waals surface area contributed by atoms with E-state index in [-0.39, 0.29) is 0 Å². The van der Waals surface area contributed by atoms with Crippen molar-refractivity contribution in [3.05, 3.63) is 179 Å². The van der Waals surface area contributed by atoms with Gasteiger partial charge in [-0.25, -0.2) is 0 Å². The molecule has 0 N–H and O–H groups in total. The second-order valence-electron chi connectivity index (χ2n) is 39.0. The molecular weight excluding hydrogens is 1580 g/mol. The summed E-state index contributed by atoms with van der Waals surface area (Å²) in [5.41, 5.74) is 9.01. The summed E-state index contributed by atoms with van der Waals surface area (Å²) >= 11 is 0. The van der Waals surface area contributed by atoms with Crippen molar-refractivity contribution >= 4 is 28.9 Å². The summed E-state index contributed by atoms with van der Waals surface area (Å²) in [5.74, 6) is 3.82. The smallest absolute Gasteiger partial charge is 0.135 e. The molecule has 740 valence electrons. The summed E-state index contributed by atoms with van der Waals surface area (Å²) in [6.07, 6.45) is 94.5. The zero-order valence-corrected chi connectivity index (χ0v) is 87.4. The van der Waals surface area contributed by atoms with Gasteiger partial charge < -0.3 is 0 Å². The third kappa shape index (κ3) is 71.9. The lowest BCUT2D eigenvalue weighted by atomic mass is 9.81. The largest absolute Gasteiger partial charge is 0.299 e. The number of hydrogen-bond donors (Lipinski definition) is 0. The van der Waals surface area contributed by atoms with Gasteiger partial charge in [-0.3, -0.25) is 24.0 Å². The first-order valence-corrected chi connectivity index (χ1v) is 56.7. The fourth-order valence-electron chi connectivity index (χ4n) is 19.7. The van der Waals surface area contributed by atoms with E-state index < -0.39 is 0 Å². The van der Waals surface area contributed by atoms with E-state index in [0.29, 0.717) is 90.6 Å². The molecule has 0 spiro atoms. The van der Waals surface area contributed by atoms with Crippen molar-refractivity contribution in [2.75, 3.05) is 0 Å². The predicted molar refractivity (Wildman–Crippen MR) is 573 cm³/mol. The molecule has 5 atom stereocenters. The van der Waals surface area contributed by atoms with Crippen LogP contribution in [0.2, 0.25) is 0 Å². The van der Waals surface area contributed by atoms with Crippen LogP contribution in [0.3, 0.4) is 0 Å². The number of carbonyl (C=O) groups is 5. The van der Waals surface area contributed by atoms with Gasteiger partial charge in [0.1, 0.15) is 28.9 Å². The van der Waals surface area contributed by atoms with Gasteiger partial charge in [-0.05, 0) is 156 Å². The van der Waals surface area contributed by atoms with E-state index in [4.69, 9.17) is 0 Å². The zero-order chi connectivity index (χ0) is 94.4. The van der Waals surface area contributed by atoms with Gasteiger partial charge in [-0.15, -0.1) is 0 Å². The Hall–Kier alpha value is -5.55. The summed E-state index contributed by atoms with van der Waals surface area (Å²) in [5, 5.41) is 0. The number of Topliss-reactive ketones (excluding diaryl/α,β-unsaturated/α-hetero) is 5. The maximum atomic E-state index is 12.3. The van der Waals surface area contributed by atoms with Gasteiger partial charge in [0.2, 0.25) is 0 Å². The average molecular weight is 1790 g/mol. The Morgan fingerprint density at radius 2 is 0.269 bits per heavy atom. The Kier molecular flexibility index (Phi) is 89.7. The predicted octanol–water partition coefficient (Wildman–Crippen LogP) is 39.6. The van der Waals surface area contributed by atoms with Crippen molar-refractivity contribution in [3.8, 4) is 0 Å². The van der Waals surface area contributed by atoms with Crippen LogP contribution in [-0.2, 0) is 56.1 Å². The average Bonchev–Trinajstić information content (AvgIpc) is 0.790. The normalized spacial score (nSPS) is 12.2. The molecule has 0 radical (unpaired) electrons. The van der Waals surface area contributed by atoms with Crippen LogP contribution >= 0.6 is 0 Å². The lowest BCUT2D eigenvalue weighted by molar-refractivity contribution is -0.123. The SMILES string of the molecule is CCC(=O)C(CC)CCCCCCCCCCCCCc1cc(CCCCCCCCCCCCCC(CC)C(=O)CC)c(CCCCCCCCCCCCCC(CC)C(=O)CC)c(CCCCCCCCCCCCCC(CC)C(=O)CC)c1CCCCCCCCCCCCCC(CC)C(=O)CC.c1ccccc1.c1ccccc1.c1ccccc1.c1ccccc1. The van der Waals surface area contributed by atoms with E-state index in [2.05, 4.69) is 40.7 Å². The highest BCUT2D eigenvalue weighted by Crippen LogP contribution is 2.34. The molecule has 0 saturated carbocycles.